The zero-order valence-corrected chi connectivity index (χ0v) is 21.9. The Morgan fingerprint density at radius 2 is 1.56 bits per heavy atom. The van der Waals surface area contributed by atoms with E-state index in [0.717, 1.165) is 27.9 Å². The number of benzene rings is 3. The van der Waals surface area contributed by atoms with Gasteiger partial charge in [0.2, 0.25) is 5.91 Å². The van der Waals surface area contributed by atoms with E-state index in [2.05, 4.69) is 0 Å². The lowest BCUT2D eigenvalue weighted by molar-refractivity contribution is -0.129. The monoisotopic (exact) mass is 552 g/mol. The Balaban J connectivity index is 1.33. The standard InChI is InChI=1S/C29H20N4O4S2/c34-22-13-11-21(12-14-22)32-25(35)16-23(27(32)36)33-28(37)24(39-29(33)38)15-19-17-31(20-9-5-2-6-10-20)30-26(19)18-7-3-1-4-8-18/h1-15,17,23,34H,16H2/b24-15-. The van der Waals surface area contributed by atoms with Crippen molar-refractivity contribution < 1.29 is 19.5 Å². The van der Waals surface area contributed by atoms with Crippen LogP contribution in [0.15, 0.2) is 96.0 Å². The van der Waals surface area contributed by atoms with Crippen LogP contribution in [0.3, 0.4) is 0 Å². The summed E-state index contributed by atoms with van der Waals surface area (Å²) in [6.45, 7) is 0. The summed E-state index contributed by atoms with van der Waals surface area (Å²) < 4.78 is 1.96. The second-order valence-corrected chi connectivity index (χ2v) is 10.6. The number of aromatic hydroxyl groups is 1. The minimum absolute atomic E-state index is 0.0157. The molecule has 4 aromatic rings. The van der Waals surface area contributed by atoms with Gasteiger partial charge in [0.15, 0.2) is 0 Å². The van der Waals surface area contributed by atoms with Crippen molar-refractivity contribution in [2.75, 3.05) is 4.90 Å². The van der Waals surface area contributed by atoms with Gasteiger partial charge >= 0.3 is 0 Å². The largest absolute Gasteiger partial charge is 0.508 e. The maximum Gasteiger partial charge on any atom is 0.266 e. The number of phenolic OH excluding ortho intramolecular Hbond substituents is 1. The van der Waals surface area contributed by atoms with Crippen LogP contribution in [-0.4, -0.2) is 47.9 Å². The first-order valence-electron chi connectivity index (χ1n) is 12.0. The molecular formula is C29H20N4O4S2. The van der Waals surface area contributed by atoms with E-state index in [1.54, 1.807) is 10.8 Å². The fourth-order valence-electron chi connectivity index (χ4n) is 4.61. The summed E-state index contributed by atoms with van der Waals surface area (Å²) in [4.78, 5) is 42.3. The highest BCUT2D eigenvalue weighted by Gasteiger charge is 2.49. The summed E-state index contributed by atoms with van der Waals surface area (Å²) in [5.41, 5.74) is 3.48. The molecule has 0 saturated carbocycles. The second kappa shape index (κ2) is 9.97. The van der Waals surface area contributed by atoms with Gasteiger partial charge in [-0.05, 0) is 42.5 Å². The molecule has 0 spiro atoms. The Kier molecular flexibility index (Phi) is 6.34. The summed E-state index contributed by atoms with van der Waals surface area (Å²) in [6.07, 6.45) is 3.40. The zero-order chi connectivity index (χ0) is 27.1. The van der Waals surface area contributed by atoms with Gasteiger partial charge in [-0.25, -0.2) is 9.58 Å². The van der Waals surface area contributed by atoms with Crippen LogP contribution in [0, 0.1) is 0 Å². The maximum atomic E-state index is 13.6. The number of carbonyl (C=O) groups is 3. The van der Waals surface area contributed by atoms with Crippen LogP contribution in [-0.2, 0) is 14.4 Å². The van der Waals surface area contributed by atoms with Crippen molar-refractivity contribution in [3.63, 3.8) is 0 Å². The highest BCUT2D eigenvalue weighted by molar-refractivity contribution is 8.26. The molecule has 3 aromatic carbocycles. The summed E-state index contributed by atoms with van der Waals surface area (Å²) >= 11 is 6.60. The molecule has 6 rings (SSSR count). The number of amides is 3. The number of phenols is 1. The number of hydrogen-bond acceptors (Lipinski definition) is 7. The van der Waals surface area contributed by atoms with E-state index in [4.69, 9.17) is 17.3 Å². The molecule has 1 unspecified atom stereocenters. The molecule has 2 aliphatic heterocycles. The van der Waals surface area contributed by atoms with E-state index in [9.17, 15) is 19.5 Å². The molecule has 192 valence electrons. The average molecular weight is 553 g/mol. The van der Waals surface area contributed by atoms with Crippen LogP contribution in [0.5, 0.6) is 5.75 Å². The van der Waals surface area contributed by atoms with E-state index in [-0.39, 0.29) is 16.5 Å². The number of nitrogens with zero attached hydrogens (tertiary/aromatic N) is 4. The van der Waals surface area contributed by atoms with Crippen molar-refractivity contribution >= 4 is 57.8 Å². The van der Waals surface area contributed by atoms with Gasteiger partial charge in [-0.3, -0.25) is 19.3 Å². The number of thiocarbonyl (C=S) groups is 1. The lowest BCUT2D eigenvalue weighted by Crippen LogP contribution is -2.44. The SMILES string of the molecule is O=C1CC(N2C(=O)/C(=C/c3cn(-c4ccccc4)nc3-c3ccccc3)SC2=S)C(=O)N1c1ccc(O)cc1. The van der Waals surface area contributed by atoms with E-state index in [1.807, 2.05) is 66.9 Å². The van der Waals surface area contributed by atoms with E-state index >= 15 is 0 Å². The third-order valence-corrected chi connectivity index (χ3v) is 7.79. The molecule has 1 N–H and O–H groups in total. The molecule has 3 heterocycles. The molecule has 8 nitrogen and oxygen atoms in total. The first-order valence-corrected chi connectivity index (χ1v) is 13.3. The molecule has 2 aliphatic rings. The highest BCUT2D eigenvalue weighted by atomic mass is 32.2. The smallest absolute Gasteiger partial charge is 0.266 e. The molecule has 0 aliphatic carbocycles. The average Bonchev–Trinajstić information content (AvgIpc) is 3.58. The van der Waals surface area contributed by atoms with Gasteiger partial charge in [-0.15, -0.1) is 0 Å². The summed E-state index contributed by atoms with van der Waals surface area (Å²) in [5, 5.41) is 14.3. The molecule has 10 heteroatoms. The minimum atomic E-state index is -1.04. The van der Waals surface area contributed by atoms with Gasteiger partial charge in [0.25, 0.3) is 11.8 Å². The molecule has 0 bridgehead atoms. The lowest BCUT2D eigenvalue weighted by Gasteiger charge is -2.21. The quantitative estimate of drug-likeness (QED) is 0.216. The summed E-state index contributed by atoms with van der Waals surface area (Å²) in [6, 6.07) is 24.0. The van der Waals surface area contributed by atoms with Gasteiger partial charge in [0, 0.05) is 17.3 Å². The Labute approximate surface area is 233 Å². The topological polar surface area (TPSA) is 95.7 Å². The van der Waals surface area contributed by atoms with Crippen molar-refractivity contribution in [2.24, 2.45) is 0 Å². The normalized spacial score (nSPS) is 18.6. The fourth-order valence-corrected chi connectivity index (χ4v) is 5.95. The number of carbonyl (C=O) groups excluding carboxylic acids is 3. The third kappa shape index (κ3) is 4.53. The van der Waals surface area contributed by atoms with Crippen LogP contribution in [0.4, 0.5) is 5.69 Å². The number of para-hydroxylation sites is 1. The molecule has 39 heavy (non-hydrogen) atoms. The first kappa shape index (κ1) is 24.8. The van der Waals surface area contributed by atoms with Gasteiger partial charge in [0.05, 0.1) is 28.4 Å². The third-order valence-electron chi connectivity index (χ3n) is 6.46. The van der Waals surface area contributed by atoms with Crippen molar-refractivity contribution in [3.8, 4) is 22.7 Å². The van der Waals surface area contributed by atoms with Crippen LogP contribution < -0.4 is 4.90 Å². The molecule has 2 saturated heterocycles. The number of rotatable bonds is 5. The summed E-state index contributed by atoms with van der Waals surface area (Å²) in [5.74, 6) is -1.40. The Morgan fingerprint density at radius 1 is 0.897 bits per heavy atom. The zero-order valence-electron chi connectivity index (χ0n) is 20.3. The number of imide groups is 1. The van der Waals surface area contributed by atoms with E-state index in [0.29, 0.717) is 21.8 Å². The molecular weight excluding hydrogens is 532 g/mol. The van der Waals surface area contributed by atoms with Crippen molar-refractivity contribution in [2.45, 2.75) is 12.5 Å². The fraction of sp³-hybridized carbons (Fsp3) is 0.0690. The van der Waals surface area contributed by atoms with E-state index < -0.39 is 23.8 Å². The molecule has 2 fully saturated rings. The molecule has 1 atom stereocenters. The van der Waals surface area contributed by atoms with Crippen molar-refractivity contribution in [3.05, 3.63) is 102 Å². The van der Waals surface area contributed by atoms with Crippen LogP contribution in [0.25, 0.3) is 23.0 Å². The van der Waals surface area contributed by atoms with E-state index in [1.165, 1.54) is 29.2 Å². The molecule has 3 amide bonds. The Hall–Kier alpha value is -4.54. The molecule has 0 radical (unpaired) electrons. The predicted molar refractivity (Wildman–Crippen MR) is 153 cm³/mol. The van der Waals surface area contributed by atoms with Crippen LogP contribution in [0.2, 0.25) is 0 Å². The van der Waals surface area contributed by atoms with Crippen molar-refractivity contribution in [1.82, 2.24) is 14.7 Å². The first-order chi connectivity index (χ1) is 18.9. The Bertz CT molecular complexity index is 1650. The minimum Gasteiger partial charge on any atom is -0.508 e. The number of thioether (sulfide) groups is 1. The van der Waals surface area contributed by atoms with Gasteiger partial charge < -0.3 is 5.11 Å². The highest BCUT2D eigenvalue weighted by Crippen LogP contribution is 2.38. The molecule has 1 aromatic heterocycles. The Morgan fingerprint density at radius 3 is 2.26 bits per heavy atom. The van der Waals surface area contributed by atoms with Gasteiger partial charge in [-0.1, -0.05) is 72.5 Å². The van der Waals surface area contributed by atoms with Gasteiger partial charge in [0.1, 0.15) is 16.1 Å². The lowest BCUT2D eigenvalue weighted by atomic mass is 10.1. The van der Waals surface area contributed by atoms with Gasteiger partial charge in [-0.2, -0.15) is 5.10 Å². The number of aromatic nitrogens is 2. The summed E-state index contributed by atoms with van der Waals surface area (Å²) in [7, 11) is 0. The number of hydrogen-bond donors (Lipinski definition) is 1. The van der Waals surface area contributed by atoms with Crippen molar-refractivity contribution in [1.29, 1.82) is 0 Å². The number of anilines is 1. The second-order valence-electron chi connectivity index (χ2n) is 8.93. The maximum absolute atomic E-state index is 13.6. The van der Waals surface area contributed by atoms with Crippen LogP contribution in [0.1, 0.15) is 12.0 Å². The predicted octanol–water partition coefficient (Wildman–Crippen LogP) is 4.78. The van der Waals surface area contributed by atoms with Crippen LogP contribution >= 0.6 is 24.0 Å².